The predicted octanol–water partition coefficient (Wildman–Crippen LogP) is 1.90. The SMILES string of the molecule is CCC(=O)NC1CCCN(C(=O)c2ccc(OC)c(S(=O)(=O)NC(C)(C)C)c2)C1. The number of nitrogens with zero attached hydrogens (tertiary/aromatic N) is 1. The van der Waals surface area contributed by atoms with Crippen molar-refractivity contribution in [3.63, 3.8) is 0 Å². The molecule has 29 heavy (non-hydrogen) atoms. The lowest BCUT2D eigenvalue weighted by Crippen LogP contribution is -2.49. The van der Waals surface area contributed by atoms with Crippen molar-refractivity contribution >= 4 is 21.8 Å². The summed E-state index contributed by atoms with van der Waals surface area (Å²) in [4.78, 5) is 26.3. The highest BCUT2D eigenvalue weighted by atomic mass is 32.2. The zero-order valence-electron chi connectivity index (χ0n) is 17.7. The van der Waals surface area contributed by atoms with E-state index < -0.39 is 15.6 Å². The van der Waals surface area contributed by atoms with Gasteiger partial charge < -0.3 is 15.0 Å². The summed E-state index contributed by atoms with van der Waals surface area (Å²) in [5.41, 5.74) is -0.413. The Kier molecular flexibility index (Phi) is 7.29. The number of methoxy groups -OCH3 is 1. The van der Waals surface area contributed by atoms with E-state index in [1.807, 2.05) is 0 Å². The molecular weight excluding hydrogens is 394 g/mol. The van der Waals surface area contributed by atoms with E-state index in [1.54, 1.807) is 38.7 Å². The summed E-state index contributed by atoms with van der Waals surface area (Å²) in [6.45, 7) is 7.97. The number of nitrogens with one attached hydrogen (secondary N) is 2. The molecule has 0 radical (unpaired) electrons. The van der Waals surface area contributed by atoms with Crippen LogP contribution in [0.1, 0.15) is 57.3 Å². The first-order valence-electron chi connectivity index (χ1n) is 9.77. The Hall–Kier alpha value is -2.13. The Balaban J connectivity index is 2.28. The first kappa shape index (κ1) is 23.2. The second kappa shape index (κ2) is 9.13. The van der Waals surface area contributed by atoms with E-state index in [2.05, 4.69) is 10.0 Å². The first-order valence-corrected chi connectivity index (χ1v) is 11.3. The molecule has 1 aromatic rings. The smallest absolute Gasteiger partial charge is 0.253 e. The van der Waals surface area contributed by atoms with Crippen LogP contribution < -0.4 is 14.8 Å². The van der Waals surface area contributed by atoms with Gasteiger partial charge in [-0.25, -0.2) is 13.1 Å². The average molecular weight is 426 g/mol. The second-order valence-corrected chi connectivity index (χ2v) is 9.88. The summed E-state index contributed by atoms with van der Waals surface area (Å²) >= 11 is 0. The van der Waals surface area contributed by atoms with Crippen LogP contribution in [0.15, 0.2) is 23.1 Å². The van der Waals surface area contributed by atoms with Gasteiger partial charge in [-0.3, -0.25) is 9.59 Å². The highest BCUT2D eigenvalue weighted by molar-refractivity contribution is 7.89. The standard InChI is InChI=1S/C20H31N3O5S/c1-6-18(24)21-15-8-7-11-23(13-15)19(25)14-9-10-16(28-5)17(12-14)29(26,27)22-20(2,3)4/h9-10,12,15,22H,6-8,11,13H2,1-5H3,(H,21,24). The molecule has 1 unspecified atom stereocenters. The second-order valence-electron chi connectivity index (χ2n) is 8.23. The van der Waals surface area contributed by atoms with Gasteiger partial charge in [-0.15, -0.1) is 0 Å². The van der Waals surface area contributed by atoms with E-state index >= 15 is 0 Å². The van der Waals surface area contributed by atoms with E-state index in [-0.39, 0.29) is 34.1 Å². The molecule has 9 heteroatoms. The third-order valence-corrected chi connectivity index (χ3v) is 6.31. The minimum Gasteiger partial charge on any atom is -0.495 e. The molecule has 162 valence electrons. The number of piperidine rings is 1. The zero-order valence-corrected chi connectivity index (χ0v) is 18.6. The van der Waals surface area contributed by atoms with Gasteiger partial charge in [0.15, 0.2) is 0 Å². The number of hydrogen-bond acceptors (Lipinski definition) is 5. The Bertz CT molecular complexity index is 861. The lowest BCUT2D eigenvalue weighted by atomic mass is 10.0. The van der Waals surface area contributed by atoms with Crippen LogP contribution in [0.2, 0.25) is 0 Å². The normalized spacial score (nSPS) is 17.7. The van der Waals surface area contributed by atoms with Crippen molar-refractivity contribution in [1.29, 1.82) is 0 Å². The molecular formula is C20H31N3O5S. The molecule has 2 N–H and O–H groups in total. The van der Waals surface area contributed by atoms with Gasteiger partial charge in [0.1, 0.15) is 10.6 Å². The summed E-state index contributed by atoms with van der Waals surface area (Å²) in [6, 6.07) is 4.31. The van der Waals surface area contributed by atoms with Crippen LogP contribution in [0.3, 0.4) is 0 Å². The largest absolute Gasteiger partial charge is 0.495 e. The van der Waals surface area contributed by atoms with Crippen LogP contribution in [-0.4, -0.2) is 56.9 Å². The van der Waals surface area contributed by atoms with E-state index in [0.717, 1.165) is 12.8 Å². The molecule has 1 fully saturated rings. The topological polar surface area (TPSA) is 105 Å². The quantitative estimate of drug-likeness (QED) is 0.724. The van der Waals surface area contributed by atoms with Crippen LogP contribution >= 0.6 is 0 Å². The van der Waals surface area contributed by atoms with Gasteiger partial charge in [0.2, 0.25) is 15.9 Å². The van der Waals surface area contributed by atoms with Crippen LogP contribution in [-0.2, 0) is 14.8 Å². The number of ether oxygens (including phenoxy) is 1. The highest BCUT2D eigenvalue weighted by Crippen LogP contribution is 2.27. The number of amides is 2. The number of carbonyl (C=O) groups excluding carboxylic acids is 2. The van der Waals surface area contributed by atoms with Crippen LogP contribution in [0.5, 0.6) is 5.75 Å². The fourth-order valence-electron chi connectivity index (χ4n) is 3.27. The van der Waals surface area contributed by atoms with Crippen molar-refractivity contribution in [2.24, 2.45) is 0 Å². The van der Waals surface area contributed by atoms with E-state index in [0.29, 0.717) is 19.5 Å². The predicted molar refractivity (Wildman–Crippen MR) is 110 cm³/mol. The zero-order chi connectivity index (χ0) is 21.8. The van der Waals surface area contributed by atoms with Gasteiger partial charge in [0.25, 0.3) is 5.91 Å². The average Bonchev–Trinajstić information content (AvgIpc) is 2.65. The molecule has 0 aliphatic carbocycles. The lowest BCUT2D eigenvalue weighted by molar-refractivity contribution is -0.121. The molecule has 1 saturated heterocycles. The molecule has 1 aliphatic heterocycles. The number of likely N-dealkylation sites (tertiary alicyclic amines) is 1. The van der Waals surface area contributed by atoms with E-state index in [1.165, 1.54) is 19.2 Å². The molecule has 2 amide bonds. The van der Waals surface area contributed by atoms with Crippen molar-refractivity contribution in [2.75, 3.05) is 20.2 Å². The van der Waals surface area contributed by atoms with Gasteiger partial charge in [0.05, 0.1) is 7.11 Å². The fourth-order valence-corrected chi connectivity index (χ4v) is 4.88. The summed E-state index contributed by atoms with van der Waals surface area (Å²) in [5, 5.41) is 2.93. The van der Waals surface area contributed by atoms with Gasteiger partial charge >= 0.3 is 0 Å². The lowest BCUT2D eigenvalue weighted by Gasteiger charge is -2.33. The summed E-state index contributed by atoms with van der Waals surface area (Å²) in [7, 11) is -2.49. The number of carbonyl (C=O) groups is 2. The van der Waals surface area contributed by atoms with Gasteiger partial charge in [0, 0.05) is 36.7 Å². The Morgan fingerprint density at radius 1 is 1.28 bits per heavy atom. The van der Waals surface area contributed by atoms with Crippen LogP contribution in [0, 0.1) is 0 Å². The minimum atomic E-state index is -3.88. The first-order chi connectivity index (χ1) is 13.5. The number of sulfonamides is 1. The molecule has 1 heterocycles. The van der Waals surface area contributed by atoms with Gasteiger partial charge in [-0.1, -0.05) is 6.92 Å². The molecule has 0 saturated carbocycles. The molecule has 8 nitrogen and oxygen atoms in total. The molecule has 0 bridgehead atoms. The van der Waals surface area contributed by atoms with Crippen molar-refractivity contribution in [2.45, 2.75) is 63.4 Å². The molecule has 0 aromatic heterocycles. The minimum absolute atomic E-state index is 0.0459. The van der Waals surface area contributed by atoms with E-state index in [4.69, 9.17) is 4.74 Å². The molecule has 1 aromatic carbocycles. The molecule has 0 spiro atoms. The maximum atomic E-state index is 13.0. The summed E-state index contributed by atoms with van der Waals surface area (Å²) in [6.07, 6.45) is 1.98. The number of hydrogen-bond donors (Lipinski definition) is 2. The molecule has 1 atom stereocenters. The number of rotatable bonds is 6. The summed E-state index contributed by atoms with van der Waals surface area (Å²) in [5.74, 6) is -0.143. The van der Waals surface area contributed by atoms with Crippen molar-refractivity contribution in [1.82, 2.24) is 14.9 Å². The Morgan fingerprint density at radius 3 is 2.55 bits per heavy atom. The van der Waals surface area contributed by atoms with Crippen LogP contribution in [0.4, 0.5) is 0 Å². The van der Waals surface area contributed by atoms with Crippen LogP contribution in [0.25, 0.3) is 0 Å². The maximum Gasteiger partial charge on any atom is 0.253 e. The molecule has 1 aliphatic rings. The Morgan fingerprint density at radius 2 is 1.97 bits per heavy atom. The van der Waals surface area contributed by atoms with Gasteiger partial charge in [-0.05, 0) is 51.8 Å². The van der Waals surface area contributed by atoms with Gasteiger partial charge in [-0.2, -0.15) is 0 Å². The highest BCUT2D eigenvalue weighted by Gasteiger charge is 2.29. The third kappa shape index (κ3) is 6.17. The third-order valence-electron chi connectivity index (χ3n) is 4.54. The summed E-state index contributed by atoms with van der Waals surface area (Å²) < 4.78 is 33.4. The molecule has 2 rings (SSSR count). The number of benzene rings is 1. The fraction of sp³-hybridized carbons (Fsp3) is 0.600. The van der Waals surface area contributed by atoms with Crippen molar-refractivity contribution in [3.8, 4) is 5.75 Å². The van der Waals surface area contributed by atoms with E-state index in [9.17, 15) is 18.0 Å². The van der Waals surface area contributed by atoms with Crippen molar-refractivity contribution in [3.05, 3.63) is 23.8 Å². The Labute approximate surface area is 173 Å². The monoisotopic (exact) mass is 425 g/mol. The maximum absolute atomic E-state index is 13.0. The van der Waals surface area contributed by atoms with Crippen molar-refractivity contribution < 1.29 is 22.7 Å².